The van der Waals surface area contributed by atoms with Crippen LogP contribution in [0.25, 0.3) is 0 Å². The summed E-state index contributed by atoms with van der Waals surface area (Å²) >= 11 is 0. The van der Waals surface area contributed by atoms with Crippen molar-refractivity contribution >= 4 is 21.4 Å². The van der Waals surface area contributed by atoms with Crippen molar-refractivity contribution in [2.45, 2.75) is 44.0 Å². The van der Waals surface area contributed by atoms with E-state index in [-0.39, 0.29) is 12.0 Å². The minimum atomic E-state index is -3.69. The van der Waals surface area contributed by atoms with Crippen molar-refractivity contribution in [1.82, 2.24) is 0 Å². The third-order valence-electron chi connectivity index (χ3n) is 6.68. The van der Waals surface area contributed by atoms with E-state index in [4.69, 9.17) is 0 Å². The maximum atomic E-state index is 13.2. The molecule has 32 heavy (non-hydrogen) atoms. The van der Waals surface area contributed by atoms with Crippen molar-refractivity contribution in [1.29, 1.82) is 0 Å². The van der Waals surface area contributed by atoms with Crippen LogP contribution in [0.4, 0.5) is 11.4 Å². The maximum absolute atomic E-state index is 13.2. The fourth-order valence-electron chi connectivity index (χ4n) is 4.98. The van der Waals surface area contributed by atoms with Crippen molar-refractivity contribution in [2.24, 2.45) is 5.92 Å². The number of fused-ring (bicyclic) bond motifs is 3. The molecule has 0 spiro atoms. The van der Waals surface area contributed by atoms with Crippen molar-refractivity contribution in [2.75, 3.05) is 10.0 Å². The first-order chi connectivity index (χ1) is 15.3. The van der Waals surface area contributed by atoms with E-state index in [1.807, 2.05) is 44.2 Å². The molecule has 0 saturated carbocycles. The van der Waals surface area contributed by atoms with Crippen molar-refractivity contribution in [3.63, 3.8) is 0 Å². The minimum absolute atomic E-state index is 0.201. The average Bonchev–Trinajstić information content (AvgIpc) is 3.25. The molecule has 5 rings (SSSR count). The third-order valence-corrected chi connectivity index (χ3v) is 8.05. The van der Waals surface area contributed by atoms with Gasteiger partial charge in [0.25, 0.3) is 10.0 Å². The van der Waals surface area contributed by atoms with E-state index in [9.17, 15) is 8.42 Å². The molecular weight excluding hydrogens is 416 g/mol. The first-order valence-electron chi connectivity index (χ1n) is 11.1. The quantitative estimate of drug-likeness (QED) is 0.468. The van der Waals surface area contributed by atoms with Gasteiger partial charge in [-0.05, 0) is 79.6 Å². The van der Waals surface area contributed by atoms with Gasteiger partial charge in [-0.2, -0.15) is 0 Å². The molecule has 0 saturated heterocycles. The lowest BCUT2D eigenvalue weighted by atomic mass is 9.77. The van der Waals surface area contributed by atoms with Gasteiger partial charge < -0.3 is 5.32 Å². The average molecular weight is 445 g/mol. The highest BCUT2D eigenvalue weighted by atomic mass is 32.2. The Kier molecular flexibility index (Phi) is 5.09. The summed E-state index contributed by atoms with van der Waals surface area (Å²) in [5, 5.41) is 3.70. The number of rotatable bonds is 4. The second kappa shape index (κ2) is 7.82. The second-order valence-corrected chi connectivity index (χ2v) is 10.7. The molecule has 1 heterocycles. The van der Waals surface area contributed by atoms with Gasteiger partial charge in [-0.3, -0.25) is 4.72 Å². The summed E-state index contributed by atoms with van der Waals surface area (Å²) in [5.41, 5.74) is 7.13. The van der Waals surface area contributed by atoms with Crippen LogP contribution in [-0.4, -0.2) is 8.42 Å². The van der Waals surface area contributed by atoms with E-state index < -0.39 is 10.0 Å². The fourth-order valence-corrected chi connectivity index (χ4v) is 6.14. The van der Waals surface area contributed by atoms with E-state index in [0.29, 0.717) is 16.5 Å². The maximum Gasteiger partial charge on any atom is 0.261 e. The molecule has 4 nitrogen and oxygen atoms in total. The summed E-state index contributed by atoms with van der Waals surface area (Å²) < 4.78 is 29.2. The van der Waals surface area contributed by atoms with Crippen molar-refractivity contribution in [3.05, 3.63) is 101 Å². The van der Waals surface area contributed by atoms with Crippen molar-refractivity contribution < 1.29 is 8.42 Å². The summed E-state index contributed by atoms with van der Waals surface area (Å²) in [5.74, 6) is 0.571. The highest BCUT2D eigenvalue weighted by Gasteiger charge is 2.38. The van der Waals surface area contributed by atoms with Gasteiger partial charge >= 0.3 is 0 Å². The lowest BCUT2D eigenvalue weighted by Gasteiger charge is -2.37. The van der Waals surface area contributed by atoms with Crippen LogP contribution in [0.2, 0.25) is 0 Å². The Labute approximate surface area is 190 Å². The number of anilines is 2. The molecule has 1 aliphatic heterocycles. The van der Waals surface area contributed by atoms with Crippen LogP contribution in [0.1, 0.15) is 46.2 Å². The molecule has 0 amide bonds. The van der Waals surface area contributed by atoms with Crippen LogP contribution in [0, 0.1) is 26.7 Å². The summed E-state index contributed by atoms with van der Waals surface area (Å²) in [6, 6.07) is 20.1. The van der Waals surface area contributed by atoms with Gasteiger partial charge in [-0.1, -0.05) is 54.1 Å². The van der Waals surface area contributed by atoms with Gasteiger partial charge in [0.15, 0.2) is 0 Å². The first-order valence-corrected chi connectivity index (χ1v) is 12.5. The molecule has 3 aromatic rings. The van der Waals surface area contributed by atoms with Gasteiger partial charge in [0.2, 0.25) is 0 Å². The summed E-state index contributed by atoms with van der Waals surface area (Å²) in [4.78, 5) is 0.298. The number of nitrogens with one attached hydrogen (secondary N) is 2. The van der Waals surface area contributed by atoms with Crippen LogP contribution in [0.15, 0.2) is 77.7 Å². The lowest BCUT2D eigenvalue weighted by molar-refractivity contribution is 0.425. The summed E-state index contributed by atoms with van der Waals surface area (Å²) in [7, 11) is -3.69. The minimum Gasteiger partial charge on any atom is -0.378 e. The topological polar surface area (TPSA) is 58.2 Å². The lowest BCUT2D eigenvalue weighted by Crippen LogP contribution is -2.29. The predicted molar refractivity (Wildman–Crippen MR) is 131 cm³/mol. The molecule has 0 radical (unpaired) electrons. The van der Waals surface area contributed by atoms with Gasteiger partial charge in [-0.25, -0.2) is 8.42 Å². The van der Waals surface area contributed by atoms with Gasteiger partial charge in [0.1, 0.15) is 0 Å². The molecule has 3 atom stereocenters. The Balaban J connectivity index is 1.50. The van der Waals surface area contributed by atoms with Crippen LogP contribution in [0.3, 0.4) is 0 Å². The predicted octanol–water partition coefficient (Wildman–Crippen LogP) is 6.24. The van der Waals surface area contributed by atoms with Crippen LogP contribution < -0.4 is 10.0 Å². The van der Waals surface area contributed by atoms with Crippen LogP contribution in [-0.2, 0) is 10.0 Å². The monoisotopic (exact) mass is 444 g/mol. The molecule has 1 aliphatic carbocycles. The number of allylic oxidation sites excluding steroid dienone is 2. The van der Waals surface area contributed by atoms with Crippen molar-refractivity contribution in [3.8, 4) is 0 Å². The van der Waals surface area contributed by atoms with E-state index in [1.54, 1.807) is 6.07 Å². The fraction of sp³-hybridized carbons (Fsp3) is 0.259. The Morgan fingerprint density at radius 1 is 0.938 bits per heavy atom. The third kappa shape index (κ3) is 3.71. The molecule has 3 aromatic carbocycles. The highest BCUT2D eigenvalue weighted by Crippen LogP contribution is 2.50. The molecule has 0 fully saturated rings. The van der Waals surface area contributed by atoms with Gasteiger partial charge in [-0.15, -0.1) is 0 Å². The zero-order valence-electron chi connectivity index (χ0n) is 18.6. The second-order valence-electron chi connectivity index (χ2n) is 9.06. The SMILES string of the molecule is Cc1cccc([C@H]2Nc3ccc(S(=O)(=O)Nc4cc(C)ccc4C)cc3[C@H]3C=CC[C@H]32)c1. The number of hydrogen-bond acceptors (Lipinski definition) is 3. The Morgan fingerprint density at radius 3 is 2.56 bits per heavy atom. The van der Waals surface area contributed by atoms with E-state index in [2.05, 4.69) is 53.4 Å². The molecule has 0 bridgehead atoms. The number of aryl methyl sites for hydroxylation is 3. The zero-order valence-corrected chi connectivity index (χ0v) is 19.4. The largest absolute Gasteiger partial charge is 0.378 e. The van der Waals surface area contributed by atoms with Crippen LogP contribution in [0.5, 0.6) is 0 Å². The molecule has 2 aliphatic rings. The Hall–Kier alpha value is -3.05. The molecule has 0 aromatic heterocycles. The normalized spacial score (nSPS) is 21.5. The van der Waals surface area contributed by atoms with Crippen LogP contribution >= 0.6 is 0 Å². The molecule has 164 valence electrons. The molecule has 5 heteroatoms. The van der Waals surface area contributed by atoms with E-state index in [0.717, 1.165) is 28.8 Å². The highest BCUT2D eigenvalue weighted by molar-refractivity contribution is 7.92. The summed E-state index contributed by atoms with van der Waals surface area (Å²) in [6.45, 7) is 5.98. The van der Waals surface area contributed by atoms with Gasteiger partial charge in [0, 0.05) is 11.6 Å². The zero-order chi connectivity index (χ0) is 22.5. The molecule has 0 unspecified atom stereocenters. The number of hydrogen-bond donors (Lipinski definition) is 2. The summed E-state index contributed by atoms with van der Waals surface area (Å²) in [6.07, 6.45) is 5.44. The Morgan fingerprint density at radius 2 is 1.75 bits per heavy atom. The number of sulfonamides is 1. The van der Waals surface area contributed by atoms with E-state index in [1.165, 1.54) is 11.1 Å². The first kappa shape index (κ1) is 20.8. The van der Waals surface area contributed by atoms with E-state index >= 15 is 0 Å². The Bertz CT molecular complexity index is 1330. The molecule has 2 N–H and O–H groups in total. The number of benzene rings is 3. The smallest absolute Gasteiger partial charge is 0.261 e. The van der Waals surface area contributed by atoms with Gasteiger partial charge in [0.05, 0.1) is 16.6 Å². The molecular formula is C27H28N2O2S. The standard InChI is InChI=1S/C27H28N2O2S/c1-17-6-4-7-20(14-17)27-23-9-5-8-22(23)24-16-21(12-13-25(24)28-27)32(30,31)29-26-15-18(2)10-11-19(26)3/h4-8,10-16,22-23,27-29H,9H2,1-3H3/t22-,23+,27+/m0/s1.